The van der Waals surface area contributed by atoms with Gasteiger partial charge in [-0.2, -0.15) is 0 Å². The molecule has 0 atom stereocenters. The second kappa shape index (κ2) is 11.0. The van der Waals surface area contributed by atoms with Crippen molar-refractivity contribution in [2.24, 2.45) is 0 Å². The molecule has 0 aliphatic rings. The average molecular weight is 628 g/mol. The lowest BCUT2D eigenvalue weighted by Gasteiger charge is -2.28. The lowest BCUT2D eigenvalue weighted by molar-refractivity contribution is 0.669. The Morgan fingerprint density at radius 3 is 1.90 bits per heavy atom. The van der Waals surface area contributed by atoms with Crippen molar-refractivity contribution in [3.8, 4) is 22.3 Å². The van der Waals surface area contributed by atoms with E-state index in [1.807, 2.05) is 12.1 Å². The third-order valence-electron chi connectivity index (χ3n) is 9.67. The van der Waals surface area contributed by atoms with Crippen LogP contribution in [0.5, 0.6) is 0 Å². The van der Waals surface area contributed by atoms with Gasteiger partial charge >= 0.3 is 0 Å². The Bertz CT molecular complexity index is 2830. The van der Waals surface area contributed by atoms with Gasteiger partial charge in [0.2, 0.25) is 0 Å². The number of fused-ring (bicyclic) bond motifs is 8. The van der Waals surface area contributed by atoms with Gasteiger partial charge in [0.1, 0.15) is 22.3 Å². The topological polar surface area (TPSA) is 29.5 Å². The number of benzene rings is 8. The summed E-state index contributed by atoms with van der Waals surface area (Å²) in [5, 5.41) is 6.84. The van der Waals surface area contributed by atoms with E-state index in [2.05, 4.69) is 169 Å². The van der Waals surface area contributed by atoms with Gasteiger partial charge in [-0.05, 0) is 88.8 Å². The molecule has 0 radical (unpaired) electrons. The van der Waals surface area contributed by atoms with Gasteiger partial charge in [0, 0.05) is 43.9 Å². The molecule has 10 aromatic rings. The monoisotopic (exact) mass is 627 g/mol. The van der Waals surface area contributed by atoms with Crippen LogP contribution in [0, 0.1) is 0 Å². The molecule has 0 fully saturated rings. The number of rotatable bonds is 5. The Morgan fingerprint density at radius 1 is 0.347 bits per heavy atom. The van der Waals surface area contributed by atoms with Crippen molar-refractivity contribution in [1.82, 2.24) is 0 Å². The molecule has 0 amide bonds. The fourth-order valence-corrected chi connectivity index (χ4v) is 7.30. The van der Waals surface area contributed by atoms with E-state index in [1.54, 1.807) is 0 Å². The summed E-state index contributed by atoms with van der Waals surface area (Å²) in [4.78, 5) is 2.34. The van der Waals surface area contributed by atoms with E-state index >= 15 is 0 Å². The minimum absolute atomic E-state index is 0.893. The van der Waals surface area contributed by atoms with Gasteiger partial charge in [-0.25, -0.2) is 0 Å². The summed E-state index contributed by atoms with van der Waals surface area (Å²) in [5.74, 6) is 0. The number of furan rings is 2. The highest BCUT2D eigenvalue weighted by Gasteiger charge is 2.19. The predicted molar refractivity (Wildman–Crippen MR) is 204 cm³/mol. The lowest BCUT2D eigenvalue weighted by atomic mass is 9.98. The number of para-hydroxylation sites is 3. The Labute approximate surface area is 282 Å². The van der Waals surface area contributed by atoms with Gasteiger partial charge in [-0.1, -0.05) is 109 Å². The number of nitrogens with zero attached hydrogens (tertiary/aromatic N) is 1. The van der Waals surface area contributed by atoms with E-state index in [4.69, 9.17) is 8.83 Å². The normalized spacial score (nSPS) is 11.7. The van der Waals surface area contributed by atoms with Crippen molar-refractivity contribution < 1.29 is 8.83 Å². The highest BCUT2D eigenvalue weighted by atomic mass is 16.3. The van der Waals surface area contributed by atoms with Gasteiger partial charge in [-0.15, -0.1) is 0 Å². The van der Waals surface area contributed by atoms with Gasteiger partial charge < -0.3 is 13.7 Å². The molecule has 49 heavy (non-hydrogen) atoms. The van der Waals surface area contributed by atoms with Crippen LogP contribution < -0.4 is 4.90 Å². The molecule has 3 heteroatoms. The van der Waals surface area contributed by atoms with Crippen molar-refractivity contribution in [2.45, 2.75) is 0 Å². The lowest BCUT2D eigenvalue weighted by Crippen LogP contribution is -2.11. The van der Waals surface area contributed by atoms with E-state index in [1.165, 1.54) is 5.39 Å². The molecule has 0 aliphatic heterocycles. The molecular formula is C46H29NO2. The molecule has 8 aromatic carbocycles. The molecule has 0 saturated heterocycles. The van der Waals surface area contributed by atoms with E-state index < -0.39 is 0 Å². The largest absolute Gasteiger partial charge is 0.456 e. The number of hydrogen-bond acceptors (Lipinski definition) is 3. The van der Waals surface area contributed by atoms with Crippen LogP contribution in [0.1, 0.15) is 0 Å². The summed E-state index contributed by atoms with van der Waals surface area (Å²) in [7, 11) is 0. The maximum absolute atomic E-state index is 6.44. The van der Waals surface area contributed by atoms with E-state index in [0.29, 0.717) is 0 Å². The molecule has 0 saturated carbocycles. The van der Waals surface area contributed by atoms with Crippen molar-refractivity contribution in [1.29, 1.82) is 0 Å². The smallest absolute Gasteiger partial charge is 0.143 e. The summed E-state index contributed by atoms with van der Waals surface area (Å²) in [6, 6.07) is 62.1. The van der Waals surface area contributed by atoms with E-state index in [0.717, 1.165) is 88.6 Å². The molecular weight excluding hydrogens is 599 g/mol. The van der Waals surface area contributed by atoms with Crippen LogP contribution in [0.25, 0.3) is 76.9 Å². The van der Waals surface area contributed by atoms with Crippen LogP contribution in [-0.4, -0.2) is 0 Å². The maximum Gasteiger partial charge on any atom is 0.143 e. The van der Waals surface area contributed by atoms with Gasteiger partial charge in [0.25, 0.3) is 0 Å². The first-order valence-corrected chi connectivity index (χ1v) is 16.6. The SMILES string of the molecule is c1ccc(N(c2ccc(-c3ccc4c(c3)oc3ccccc34)cc2)c2ccccc2-c2ccc3oc4c5ccccc5ccc4c3c2)cc1. The van der Waals surface area contributed by atoms with Crippen LogP contribution in [0.3, 0.4) is 0 Å². The molecule has 0 unspecified atom stereocenters. The Hall–Kier alpha value is -6.58. The second-order valence-corrected chi connectivity index (χ2v) is 12.5. The highest BCUT2D eigenvalue weighted by Crippen LogP contribution is 2.43. The standard InChI is InChI=1S/C46H29NO2/c1-2-11-34(12-3-1)47(35-23-18-30(19-24-35)32-21-25-39-38-15-7-9-17-43(38)48-45(39)29-32)42-16-8-6-13-36(42)33-22-27-44-41(28-33)40-26-20-31-10-4-5-14-37(31)46(40)49-44/h1-29H. The number of anilines is 3. The number of hydrogen-bond donors (Lipinski definition) is 0. The van der Waals surface area contributed by atoms with Crippen LogP contribution in [0.4, 0.5) is 17.1 Å². The molecule has 0 N–H and O–H groups in total. The van der Waals surface area contributed by atoms with Crippen LogP contribution in [0.2, 0.25) is 0 Å². The Morgan fingerprint density at radius 2 is 1.00 bits per heavy atom. The van der Waals surface area contributed by atoms with Crippen LogP contribution in [-0.2, 0) is 0 Å². The third-order valence-corrected chi connectivity index (χ3v) is 9.67. The van der Waals surface area contributed by atoms with Gasteiger partial charge in [0.05, 0.1) is 5.69 Å². The van der Waals surface area contributed by atoms with Crippen molar-refractivity contribution in [3.05, 3.63) is 176 Å². The first-order valence-electron chi connectivity index (χ1n) is 16.6. The predicted octanol–water partition coefficient (Wildman–Crippen LogP) is 13.4. The zero-order valence-corrected chi connectivity index (χ0v) is 26.5. The van der Waals surface area contributed by atoms with Gasteiger partial charge in [-0.3, -0.25) is 0 Å². The van der Waals surface area contributed by atoms with Crippen LogP contribution in [0.15, 0.2) is 185 Å². The summed E-state index contributed by atoms with van der Waals surface area (Å²) < 4.78 is 12.6. The highest BCUT2D eigenvalue weighted by molar-refractivity contribution is 6.15. The molecule has 3 nitrogen and oxygen atoms in total. The summed E-state index contributed by atoms with van der Waals surface area (Å²) in [6.07, 6.45) is 0. The average Bonchev–Trinajstić information content (AvgIpc) is 3.74. The van der Waals surface area contributed by atoms with E-state index in [9.17, 15) is 0 Å². The zero-order valence-electron chi connectivity index (χ0n) is 26.5. The Kier molecular flexibility index (Phi) is 6.18. The summed E-state index contributed by atoms with van der Waals surface area (Å²) in [5.41, 5.74) is 11.4. The fraction of sp³-hybridized carbons (Fsp3) is 0. The molecule has 0 aliphatic carbocycles. The summed E-state index contributed by atoms with van der Waals surface area (Å²) >= 11 is 0. The maximum atomic E-state index is 6.44. The van der Waals surface area contributed by atoms with Crippen molar-refractivity contribution in [3.63, 3.8) is 0 Å². The third kappa shape index (κ3) is 4.51. The second-order valence-electron chi connectivity index (χ2n) is 12.5. The molecule has 10 rings (SSSR count). The molecule has 230 valence electrons. The van der Waals surface area contributed by atoms with Crippen LogP contribution >= 0.6 is 0 Å². The van der Waals surface area contributed by atoms with Crippen molar-refractivity contribution in [2.75, 3.05) is 4.90 Å². The molecule has 2 heterocycles. The first-order chi connectivity index (χ1) is 24.3. The zero-order chi connectivity index (χ0) is 32.3. The van der Waals surface area contributed by atoms with Crippen molar-refractivity contribution >= 4 is 71.7 Å². The van der Waals surface area contributed by atoms with Gasteiger partial charge in [0.15, 0.2) is 0 Å². The Balaban J connectivity index is 1.08. The molecule has 0 bridgehead atoms. The minimum Gasteiger partial charge on any atom is -0.456 e. The molecule has 0 spiro atoms. The molecule has 2 aromatic heterocycles. The summed E-state index contributed by atoms with van der Waals surface area (Å²) in [6.45, 7) is 0. The minimum atomic E-state index is 0.893. The first kappa shape index (κ1) is 27.5. The fourth-order valence-electron chi connectivity index (χ4n) is 7.30. The van der Waals surface area contributed by atoms with E-state index in [-0.39, 0.29) is 0 Å². The quantitative estimate of drug-likeness (QED) is 0.190.